The highest BCUT2D eigenvalue weighted by Gasteiger charge is 2.17. The van der Waals surface area contributed by atoms with Gasteiger partial charge < -0.3 is 10.4 Å². The third-order valence-electron chi connectivity index (χ3n) is 3.68. The maximum Gasteiger partial charge on any atom is 0.0626 e. The molecule has 2 N–H and O–H groups in total. The van der Waals surface area contributed by atoms with Crippen LogP contribution >= 0.6 is 0 Å². The Balaban J connectivity index is 1.94. The van der Waals surface area contributed by atoms with Crippen LogP contribution in [-0.2, 0) is 0 Å². The summed E-state index contributed by atoms with van der Waals surface area (Å²) in [7, 11) is 0. The molecule has 0 amide bonds. The SMILES string of the molecule is OC[C@H](NC1CCCCCC1)c1ccccc1. The van der Waals surface area contributed by atoms with Gasteiger partial charge in [-0.25, -0.2) is 0 Å². The van der Waals surface area contributed by atoms with Crippen LogP contribution in [0.4, 0.5) is 0 Å². The molecule has 94 valence electrons. The van der Waals surface area contributed by atoms with E-state index in [0.717, 1.165) is 0 Å². The van der Waals surface area contributed by atoms with Crippen LogP contribution in [0.25, 0.3) is 0 Å². The lowest BCUT2D eigenvalue weighted by Gasteiger charge is -2.23. The molecule has 0 spiro atoms. The van der Waals surface area contributed by atoms with E-state index < -0.39 is 0 Å². The van der Waals surface area contributed by atoms with E-state index in [1.807, 2.05) is 18.2 Å². The van der Waals surface area contributed by atoms with Crippen molar-refractivity contribution in [2.75, 3.05) is 6.61 Å². The van der Waals surface area contributed by atoms with Crippen LogP contribution in [-0.4, -0.2) is 17.8 Å². The predicted molar refractivity (Wildman–Crippen MR) is 70.9 cm³/mol. The summed E-state index contributed by atoms with van der Waals surface area (Å²) in [5.41, 5.74) is 1.19. The molecule has 1 aliphatic carbocycles. The quantitative estimate of drug-likeness (QED) is 0.783. The molecule has 1 atom stereocenters. The Morgan fingerprint density at radius 3 is 2.29 bits per heavy atom. The van der Waals surface area contributed by atoms with Crippen molar-refractivity contribution in [3.05, 3.63) is 35.9 Å². The van der Waals surface area contributed by atoms with Crippen LogP contribution in [0.15, 0.2) is 30.3 Å². The third-order valence-corrected chi connectivity index (χ3v) is 3.68. The largest absolute Gasteiger partial charge is 0.394 e. The van der Waals surface area contributed by atoms with Gasteiger partial charge in [-0.1, -0.05) is 56.0 Å². The minimum atomic E-state index is 0.0966. The maximum atomic E-state index is 9.52. The fourth-order valence-electron chi connectivity index (χ4n) is 2.67. The summed E-state index contributed by atoms with van der Waals surface area (Å²) in [6.45, 7) is 0.181. The third kappa shape index (κ3) is 3.83. The number of aliphatic hydroxyl groups excluding tert-OH is 1. The number of hydrogen-bond donors (Lipinski definition) is 2. The van der Waals surface area contributed by atoms with Crippen LogP contribution in [0.2, 0.25) is 0 Å². The molecular weight excluding hydrogens is 210 g/mol. The van der Waals surface area contributed by atoms with E-state index in [-0.39, 0.29) is 12.6 Å². The zero-order valence-corrected chi connectivity index (χ0v) is 10.4. The van der Waals surface area contributed by atoms with Gasteiger partial charge in [0.25, 0.3) is 0 Å². The van der Waals surface area contributed by atoms with E-state index in [4.69, 9.17) is 0 Å². The van der Waals surface area contributed by atoms with Crippen molar-refractivity contribution in [2.45, 2.75) is 50.6 Å². The van der Waals surface area contributed by atoms with E-state index >= 15 is 0 Å². The number of nitrogens with one attached hydrogen (secondary N) is 1. The van der Waals surface area contributed by atoms with Gasteiger partial charge in [-0.15, -0.1) is 0 Å². The molecule has 1 saturated carbocycles. The smallest absolute Gasteiger partial charge is 0.0626 e. The first-order chi connectivity index (χ1) is 8.40. The molecule has 0 aliphatic heterocycles. The second-order valence-corrected chi connectivity index (χ2v) is 5.00. The summed E-state index contributed by atoms with van der Waals surface area (Å²) < 4.78 is 0. The Morgan fingerprint density at radius 2 is 1.71 bits per heavy atom. The average Bonchev–Trinajstić information content (AvgIpc) is 2.65. The van der Waals surface area contributed by atoms with Gasteiger partial charge in [-0.05, 0) is 18.4 Å². The predicted octanol–water partition coefficient (Wildman–Crippen LogP) is 3.03. The molecule has 0 radical (unpaired) electrons. The molecule has 0 heterocycles. The maximum absolute atomic E-state index is 9.52. The van der Waals surface area contributed by atoms with Crippen molar-refractivity contribution in [2.24, 2.45) is 0 Å². The van der Waals surface area contributed by atoms with Crippen molar-refractivity contribution in [1.29, 1.82) is 0 Å². The van der Waals surface area contributed by atoms with E-state index in [1.54, 1.807) is 0 Å². The van der Waals surface area contributed by atoms with Gasteiger partial charge in [-0.2, -0.15) is 0 Å². The zero-order valence-electron chi connectivity index (χ0n) is 10.4. The normalized spacial score (nSPS) is 19.8. The Labute approximate surface area is 104 Å². The van der Waals surface area contributed by atoms with Crippen LogP contribution in [0.5, 0.6) is 0 Å². The van der Waals surface area contributed by atoms with E-state index in [2.05, 4.69) is 17.4 Å². The van der Waals surface area contributed by atoms with Gasteiger partial charge >= 0.3 is 0 Å². The molecule has 1 aliphatic rings. The average molecular weight is 233 g/mol. The molecule has 1 fully saturated rings. The monoisotopic (exact) mass is 233 g/mol. The summed E-state index contributed by atoms with van der Waals surface area (Å²) in [6.07, 6.45) is 7.89. The summed E-state index contributed by atoms with van der Waals surface area (Å²) in [6, 6.07) is 10.9. The lowest BCUT2D eigenvalue weighted by Crippen LogP contribution is -2.34. The van der Waals surface area contributed by atoms with Crippen LogP contribution in [0.3, 0.4) is 0 Å². The molecule has 0 unspecified atom stereocenters. The standard InChI is InChI=1S/C15H23NO/c17-12-15(13-8-4-3-5-9-13)16-14-10-6-1-2-7-11-14/h3-5,8-9,14-17H,1-2,6-7,10-12H2/t15-/m0/s1. The molecule has 2 rings (SSSR count). The fraction of sp³-hybridized carbons (Fsp3) is 0.600. The summed E-state index contributed by atoms with van der Waals surface area (Å²) in [5.74, 6) is 0. The molecule has 2 nitrogen and oxygen atoms in total. The second kappa shape index (κ2) is 6.77. The summed E-state index contributed by atoms with van der Waals surface area (Å²) in [4.78, 5) is 0. The van der Waals surface area contributed by atoms with Crippen molar-refractivity contribution in [1.82, 2.24) is 5.32 Å². The zero-order chi connectivity index (χ0) is 11.9. The van der Waals surface area contributed by atoms with E-state index in [9.17, 15) is 5.11 Å². The molecule has 17 heavy (non-hydrogen) atoms. The first-order valence-corrected chi connectivity index (χ1v) is 6.82. The first-order valence-electron chi connectivity index (χ1n) is 6.82. The first kappa shape index (κ1) is 12.6. The fourth-order valence-corrected chi connectivity index (χ4v) is 2.67. The van der Waals surface area contributed by atoms with Crippen LogP contribution < -0.4 is 5.32 Å². The molecule has 0 saturated heterocycles. The van der Waals surface area contributed by atoms with Crippen molar-refractivity contribution >= 4 is 0 Å². The highest BCUT2D eigenvalue weighted by Crippen LogP contribution is 2.21. The lowest BCUT2D eigenvalue weighted by molar-refractivity contribution is 0.228. The number of benzene rings is 1. The minimum Gasteiger partial charge on any atom is -0.394 e. The number of rotatable bonds is 4. The molecule has 0 aromatic heterocycles. The van der Waals surface area contributed by atoms with Crippen molar-refractivity contribution in [3.8, 4) is 0 Å². The molecule has 1 aromatic rings. The van der Waals surface area contributed by atoms with Gasteiger partial charge in [0.05, 0.1) is 12.6 Å². The van der Waals surface area contributed by atoms with E-state index in [0.29, 0.717) is 6.04 Å². The van der Waals surface area contributed by atoms with Crippen molar-refractivity contribution < 1.29 is 5.11 Å². The molecular formula is C15H23NO. The number of aliphatic hydroxyl groups is 1. The van der Waals surface area contributed by atoms with E-state index in [1.165, 1.54) is 44.1 Å². The lowest BCUT2D eigenvalue weighted by atomic mass is 10.0. The Bertz CT molecular complexity index is 304. The molecule has 1 aromatic carbocycles. The second-order valence-electron chi connectivity index (χ2n) is 5.00. The highest BCUT2D eigenvalue weighted by molar-refractivity contribution is 5.19. The number of hydrogen-bond acceptors (Lipinski definition) is 2. The summed E-state index contributed by atoms with van der Waals surface area (Å²) in [5, 5.41) is 13.1. The Kier molecular flexibility index (Phi) is 5.02. The van der Waals surface area contributed by atoms with Gasteiger partial charge in [0.2, 0.25) is 0 Å². The van der Waals surface area contributed by atoms with Gasteiger partial charge in [-0.3, -0.25) is 0 Å². The molecule has 2 heteroatoms. The van der Waals surface area contributed by atoms with Crippen molar-refractivity contribution in [3.63, 3.8) is 0 Å². The highest BCUT2D eigenvalue weighted by atomic mass is 16.3. The topological polar surface area (TPSA) is 32.3 Å². The Hall–Kier alpha value is -0.860. The van der Waals surface area contributed by atoms with Gasteiger partial charge in [0.1, 0.15) is 0 Å². The summed E-state index contributed by atoms with van der Waals surface area (Å²) >= 11 is 0. The molecule has 0 bridgehead atoms. The van der Waals surface area contributed by atoms with Gasteiger partial charge in [0, 0.05) is 6.04 Å². The van der Waals surface area contributed by atoms with Crippen LogP contribution in [0.1, 0.15) is 50.1 Å². The Morgan fingerprint density at radius 1 is 1.06 bits per heavy atom. The minimum absolute atomic E-state index is 0.0966. The van der Waals surface area contributed by atoms with Gasteiger partial charge in [0.15, 0.2) is 0 Å². The van der Waals surface area contributed by atoms with Crippen LogP contribution in [0, 0.1) is 0 Å².